The standard InChI is InChI=1S/C25H26N4O6S/c30-23(28-8-6-27(7-9-28)13-16-3-4-19-20(10-16)33-14-32-19)2-1-5-29-24(31)17-11-21-22(35-15-34-21)12-18(17)26-25(29)36/h3-4,10-12,17H,1-2,5-9,13-15H2. The van der Waals surface area contributed by atoms with E-state index >= 15 is 0 Å². The molecule has 2 saturated heterocycles. The molecular weight excluding hydrogens is 484 g/mol. The molecule has 6 rings (SSSR count). The monoisotopic (exact) mass is 510 g/mol. The molecule has 1 aromatic carbocycles. The van der Waals surface area contributed by atoms with Crippen LogP contribution in [-0.4, -0.2) is 83.6 Å². The Morgan fingerprint density at radius 1 is 1.03 bits per heavy atom. The summed E-state index contributed by atoms with van der Waals surface area (Å²) in [5, 5.41) is 0.225. The van der Waals surface area contributed by atoms with Crippen molar-refractivity contribution in [1.82, 2.24) is 14.7 Å². The van der Waals surface area contributed by atoms with Crippen LogP contribution >= 0.6 is 12.2 Å². The first-order chi connectivity index (χ1) is 17.5. The van der Waals surface area contributed by atoms with Crippen molar-refractivity contribution in [3.8, 4) is 11.5 Å². The third-order valence-electron chi connectivity index (χ3n) is 6.92. The number of ether oxygens (including phenoxy) is 4. The predicted molar refractivity (Wildman–Crippen MR) is 132 cm³/mol. The smallest absolute Gasteiger partial charge is 0.241 e. The summed E-state index contributed by atoms with van der Waals surface area (Å²) in [5.74, 6) is 2.13. The number of amides is 2. The van der Waals surface area contributed by atoms with Crippen LogP contribution in [0.15, 0.2) is 46.9 Å². The minimum atomic E-state index is -0.536. The zero-order chi connectivity index (χ0) is 24.6. The van der Waals surface area contributed by atoms with Crippen LogP contribution in [-0.2, 0) is 25.6 Å². The highest BCUT2D eigenvalue weighted by atomic mass is 32.1. The second kappa shape index (κ2) is 9.55. The molecule has 10 nitrogen and oxygen atoms in total. The topological polar surface area (TPSA) is 93.1 Å². The lowest BCUT2D eigenvalue weighted by Crippen LogP contribution is -2.49. The fraction of sp³-hybridized carbons (Fsp3) is 0.440. The molecule has 1 aromatic rings. The molecule has 11 heteroatoms. The third kappa shape index (κ3) is 4.44. The Kier molecular flexibility index (Phi) is 6.10. The average molecular weight is 511 g/mol. The van der Waals surface area contributed by atoms with Gasteiger partial charge < -0.3 is 23.8 Å². The Balaban J connectivity index is 0.970. The molecule has 0 N–H and O–H groups in total. The lowest BCUT2D eigenvalue weighted by molar-refractivity contribution is -0.134. The summed E-state index contributed by atoms with van der Waals surface area (Å²) in [6.45, 7) is 4.56. The van der Waals surface area contributed by atoms with E-state index in [0.29, 0.717) is 49.7 Å². The maximum atomic E-state index is 13.1. The van der Waals surface area contributed by atoms with Gasteiger partial charge in [-0.2, -0.15) is 0 Å². The average Bonchev–Trinajstić information content (AvgIpc) is 3.54. The molecule has 5 aliphatic rings. The van der Waals surface area contributed by atoms with Gasteiger partial charge in [-0.05, 0) is 42.4 Å². The van der Waals surface area contributed by atoms with Crippen molar-refractivity contribution in [3.05, 3.63) is 47.4 Å². The first kappa shape index (κ1) is 23.0. The Bertz CT molecular complexity index is 1200. The quantitative estimate of drug-likeness (QED) is 0.535. The van der Waals surface area contributed by atoms with E-state index in [2.05, 4.69) is 16.0 Å². The van der Waals surface area contributed by atoms with Crippen LogP contribution in [0.5, 0.6) is 11.5 Å². The summed E-state index contributed by atoms with van der Waals surface area (Å²) in [6, 6.07) is 6.02. The summed E-state index contributed by atoms with van der Waals surface area (Å²) < 4.78 is 21.6. The van der Waals surface area contributed by atoms with Crippen LogP contribution in [0.25, 0.3) is 0 Å². The van der Waals surface area contributed by atoms with Crippen LogP contribution in [0.3, 0.4) is 0 Å². The highest BCUT2D eigenvalue weighted by Gasteiger charge is 2.38. The molecule has 0 aromatic heterocycles. The number of benzene rings is 1. The van der Waals surface area contributed by atoms with Gasteiger partial charge in [0, 0.05) is 51.8 Å². The summed E-state index contributed by atoms with van der Waals surface area (Å²) in [5.41, 5.74) is 1.74. The molecule has 2 fully saturated rings. The molecule has 0 bridgehead atoms. The second-order valence-corrected chi connectivity index (χ2v) is 9.55. The van der Waals surface area contributed by atoms with Gasteiger partial charge in [0.05, 0.1) is 5.71 Å². The third-order valence-corrected chi connectivity index (χ3v) is 7.23. The Morgan fingerprint density at radius 3 is 2.67 bits per heavy atom. The van der Waals surface area contributed by atoms with Gasteiger partial charge >= 0.3 is 0 Å². The number of aliphatic imine (C=N–C) groups is 1. The minimum absolute atomic E-state index is 0.0983. The maximum absolute atomic E-state index is 13.1. The van der Waals surface area contributed by atoms with Gasteiger partial charge in [-0.15, -0.1) is 0 Å². The number of carbonyl (C=O) groups excluding carboxylic acids is 2. The summed E-state index contributed by atoms with van der Waals surface area (Å²) in [6.07, 6.45) is 4.32. The molecule has 188 valence electrons. The molecule has 0 saturated carbocycles. The second-order valence-electron chi connectivity index (χ2n) is 9.18. The Labute approximate surface area is 213 Å². The number of fused-ring (bicyclic) bond motifs is 3. The Hall–Kier alpha value is -3.44. The molecular formula is C25H26N4O6S. The summed E-state index contributed by atoms with van der Waals surface area (Å²) >= 11 is 5.37. The van der Waals surface area contributed by atoms with Crippen molar-refractivity contribution >= 4 is 34.9 Å². The van der Waals surface area contributed by atoms with Gasteiger partial charge in [0.15, 0.2) is 23.0 Å². The molecule has 36 heavy (non-hydrogen) atoms. The van der Waals surface area contributed by atoms with Crippen LogP contribution in [0.2, 0.25) is 0 Å². The number of allylic oxidation sites excluding steroid dienone is 1. The zero-order valence-corrected chi connectivity index (χ0v) is 20.5. The molecule has 0 radical (unpaired) electrons. The summed E-state index contributed by atoms with van der Waals surface area (Å²) in [7, 11) is 0. The number of thiocarbonyl (C=S) groups is 1. The minimum Gasteiger partial charge on any atom is -0.454 e. The van der Waals surface area contributed by atoms with E-state index in [1.807, 2.05) is 17.0 Å². The molecule has 1 aliphatic carbocycles. The lowest BCUT2D eigenvalue weighted by atomic mass is 9.94. The normalized spacial score (nSPS) is 22.8. The maximum Gasteiger partial charge on any atom is 0.241 e. The number of hydrogen-bond donors (Lipinski definition) is 0. The van der Waals surface area contributed by atoms with Crippen LogP contribution in [0.1, 0.15) is 18.4 Å². The number of piperazine rings is 1. The first-order valence-electron chi connectivity index (χ1n) is 12.1. The molecule has 4 aliphatic heterocycles. The summed E-state index contributed by atoms with van der Waals surface area (Å²) in [4.78, 5) is 36.0. The van der Waals surface area contributed by atoms with Crippen LogP contribution in [0, 0.1) is 5.92 Å². The number of rotatable bonds is 6. The van der Waals surface area contributed by atoms with E-state index in [0.717, 1.165) is 31.1 Å². The van der Waals surface area contributed by atoms with E-state index in [1.54, 1.807) is 12.2 Å². The number of hydrogen-bond acceptors (Lipinski definition) is 8. The van der Waals surface area contributed by atoms with Crippen molar-refractivity contribution in [2.45, 2.75) is 19.4 Å². The van der Waals surface area contributed by atoms with Gasteiger partial charge in [-0.25, -0.2) is 4.99 Å². The lowest BCUT2D eigenvalue weighted by Gasteiger charge is -2.35. The van der Waals surface area contributed by atoms with Gasteiger partial charge in [0.25, 0.3) is 0 Å². The van der Waals surface area contributed by atoms with Crippen molar-refractivity contribution in [1.29, 1.82) is 0 Å². The molecule has 0 spiro atoms. The van der Waals surface area contributed by atoms with E-state index < -0.39 is 5.92 Å². The SMILES string of the molecule is O=C(CCCN1C(=O)C2C=C3OCOC3=CC2=NC1=S)N1CCN(Cc2ccc3c(c2)OCO3)CC1. The molecule has 1 atom stereocenters. The first-order valence-corrected chi connectivity index (χ1v) is 12.5. The van der Waals surface area contributed by atoms with Crippen molar-refractivity contribution in [2.24, 2.45) is 10.9 Å². The number of nitrogens with zero attached hydrogens (tertiary/aromatic N) is 4. The van der Waals surface area contributed by atoms with Gasteiger partial charge in [0.1, 0.15) is 5.92 Å². The van der Waals surface area contributed by atoms with E-state index in [-0.39, 0.29) is 30.5 Å². The fourth-order valence-electron chi connectivity index (χ4n) is 4.94. The predicted octanol–water partition coefficient (Wildman–Crippen LogP) is 1.81. The van der Waals surface area contributed by atoms with Crippen molar-refractivity contribution in [3.63, 3.8) is 0 Å². The van der Waals surface area contributed by atoms with E-state index in [9.17, 15) is 9.59 Å². The molecule has 1 unspecified atom stereocenters. The van der Waals surface area contributed by atoms with Crippen LogP contribution < -0.4 is 9.47 Å². The number of carbonyl (C=O) groups is 2. The molecule has 2 amide bonds. The largest absolute Gasteiger partial charge is 0.454 e. The highest BCUT2D eigenvalue weighted by Crippen LogP contribution is 2.33. The fourth-order valence-corrected chi connectivity index (χ4v) is 5.23. The van der Waals surface area contributed by atoms with Gasteiger partial charge in [-0.3, -0.25) is 19.4 Å². The van der Waals surface area contributed by atoms with E-state index in [4.69, 9.17) is 31.2 Å². The van der Waals surface area contributed by atoms with Crippen LogP contribution in [0.4, 0.5) is 0 Å². The van der Waals surface area contributed by atoms with Crippen molar-refractivity contribution < 1.29 is 28.5 Å². The zero-order valence-electron chi connectivity index (χ0n) is 19.7. The highest BCUT2D eigenvalue weighted by molar-refractivity contribution is 7.80. The van der Waals surface area contributed by atoms with Crippen molar-refractivity contribution in [2.75, 3.05) is 46.3 Å². The Morgan fingerprint density at radius 2 is 1.81 bits per heavy atom. The molecule has 4 heterocycles. The van der Waals surface area contributed by atoms with Gasteiger partial charge in [0.2, 0.25) is 30.5 Å². The van der Waals surface area contributed by atoms with Gasteiger partial charge in [-0.1, -0.05) is 6.07 Å². The van der Waals surface area contributed by atoms with E-state index in [1.165, 1.54) is 10.5 Å².